The van der Waals surface area contributed by atoms with Gasteiger partial charge in [0.05, 0.1) is 18.3 Å². The lowest BCUT2D eigenvalue weighted by atomic mass is 9.66. The second-order valence-corrected chi connectivity index (χ2v) is 13.3. The molecule has 1 aromatic carbocycles. The Labute approximate surface area is 249 Å². The number of allylic oxidation sites excluding steroid dienone is 1. The Hall–Kier alpha value is -0.810. The number of rotatable bonds is 10. The largest absolute Gasteiger partial charge is 1.00 e. The zero-order valence-corrected chi connectivity index (χ0v) is 26.4. The minimum Gasteiger partial charge on any atom is -1.00 e. The van der Waals surface area contributed by atoms with Gasteiger partial charge in [0.25, 0.3) is 0 Å². The van der Waals surface area contributed by atoms with E-state index in [9.17, 15) is 14.7 Å². The van der Waals surface area contributed by atoms with Crippen LogP contribution >= 0.6 is 23.2 Å². The minimum absolute atomic E-state index is 0. The van der Waals surface area contributed by atoms with Crippen LogP contribution in [0.5, 0.6) is 0 Å². The van der Waals surface area contributed by atoms with Gasteiger partial charge in [-0.2, -0.15) is 0 Å². The molecule has 11 heteroatoms. The smallest absolute Gasteiger partial charge is 0.414 e. The highest BCUT2D eigenvalue weighted by Crippen LogP contribution is 2.55. The average Bonchev–Trinajstić information content (AvgIpc) is 3.49. The van der Waals surface area contributed by atoms with Crippen LogP contribution in [0.15, 0.2) is 35.9 Å². The summed E-state index contributed by atoms with van der Waals surface area (Å²) in [5.41, 5.74) is 0.601. The molecule has 2 amide bonds. The predicted octanol–water partition coefficient (Wildman–Crippen LogP) is 1.62. The molecule has 0 spiro atoms. The number of alkyl carbamates (subject to hydrolysis) is 1. The predicted molar refractivity (Wildman–Crippen MR) is 148 cm³/mol. The molecule has 1 aromatic rings. The second-order valence-electron chi connectivity index (χ2n) is 10.4. The fraction of sp³-hybridized carbons (Fsp3) is 0.630. The highest BCUT2D eigenvalue weighted by Gasteiger charge is 2.68. The van der Waals surface area contributed by atoms with Gasteiger partial charge in [0.2, 0.25) is 5.91 Å². The van der Waals surface area contributed by atoms with Crippen LogP contribution in [0.1, 0.15) is 45.6 Å². The van der Waals surface area contributed by atoms with Gasteiger partial charge in [0.15, 0.2) is 0 Å². The number of halogens is 3. The van der Waals surface area contributed by atoms with Crippen molar-refractivity contribution in [1.82, 2.24) is 5.32 Å². The van der Waals surface area contributed by atoms with Crippen LogP contribution in [0.2, 0.25) is 5.02 Å². The number of epoxide rings is 1. The number of carbonyl (C=O) groups excluding carboxylic acids is 2. The van der Waals surface area contributed by atoms with Crippen LogP contribution in [0.3, 0.4) is 0 Å². The number of imide groups is 1. The number of benzene rings is 1. The lowest BCUT2D eigenvalue weighted by molar-refractivity contribution is -0.170. The monoisotopic (exact) mass is 653 g/mol. The van der Waals surface area contributed by atoms with E-state index < -0.39 is 41.3 Å². The molecule has 1 aliphatic carbocycles. The standard InChI is InChI=1S/C27H37Cl2NO6S.BrH/c1-17(2)6-11-21-26(3,36-21)24-23(34-4)20(35-25(32)30-22(31)14-28)12-13-27(24,33)16-37(5)15-18-7-9-19(29)10-8-18;/h6-10,20-21,23-24,33H,11-16H2,1-5H3;1H/t20-,21-,23-,24-,26+,27+,37?;/m1./s1. The molecule has 7 nitrogen and oxygen atoms in total. The van der Waals surface area contributed by atoms with E-state index in [4.69, 9.17) is 37.4 Å². The van der Waals surface area contributed by atoms with Crippen LogP contribution in [0.25, 0.3) is 0 Å². The van der Waals surface area contributed by atoms with Crippen molar-refractivity contribution in [2.24, 2.45) is 5.92 Å². The third-order valence-electron chi connectivity index (χ3n) is 7.19. The van der Waals surface area contributed by atoms with Gasteiger partial charge >= 0.3 is 6.09 Å². The first kappa shape index (κ1) is 33.4. The zero-order valence-electron chi connectivity index (χ0n) is 22.5. The molecule has 7 atom stereocenters. The molecule has 0 bridgehead atoms. The van der Waals surface area contributed by atoms with E-state index in [0.717, 1.165) is 17.7 Å². The van der Waals surface area contributed by atoms with E-state index in [0.29, 0.717) is 23.6 Å². The Morgan fingerprint density at radius 2 is 1.95 bits per heavy atom. The van der Waals surface area contributed by atoms with Gasteiger partial charge in [-0.1, -0.05) is 35.4 Å². The summed E-state index contributed by atoms with van der Waals surface area (Å²) in [6.45, 7) is 6.09. The normalized spacial score (nSPS) is 30.9. The molecule has 1 saturated carbocycles. The van der Waals surface area contributed by atoms with Gasteiger partial charge in [-0.15, -0.1) is 11.6 Å². The first-order valence-electron chi connectivity index (χ1n) is 12.4. The van der Waals surface area contributed by atoms with Crippen molar-refractivity contribution in [1.29, 1.82) is 0 Å². The Morgan fingerprint density at radius 1 is 1.29 bits per heavy atom. The van der Waals surface area contributed by atoms with Gasteiger partial charge < -0.3 is 36.3 Å². The first-order valence-corrected chi connectivity index (χ1v) is 15.3. The van der Waals surface area contributed by atoms with Crippen LogP contribution in [0, 0.1) is 5.92 Å². The molecule has 2 fully saturated rings. The number of hydrogen-bond donors (Lipinski definition) is 2. The molecule has 2 aliphatic rings. The molecule has 0 radical (unpaired) electrons. The van der Waals surface area contributed by atoms with Gasteiger partial charge in [0.1, 0.15) is 40.8 Å². The highest BCUT2D eigenvalue weighted by atomic mass is 79.9. The molecule has 3 rings (SSSR count). The fourth-order valence-corrected chi connectivity index (χ4v) is 7.73. The van der Waals surface area contributed by atoms with E-state index in [-0.39, 0.29) is 39.9 Å². The Bertz CT molecular complexity index is 994. The minimum atomic E-state index is -1.10. The van der Waals surface area contributed by atoms with Gasteiger partial charge in [-0.25, -0.2) is 4.79 Å². The zero-order chi connectivity index (χ0) is 27.4. The molecular formula is C27H38BrCl2NO6S. The first-order chi connectivity index (χ1) is 17.4. The molecule has 2 N–H and O–H groups in total. The number of amides is 2. The van der Waals surface area contributed by atoms with Crippen molar-refractivity contribution in [2.75, 3.05) is 25.0 Å². The van der Waals surface area contributed by atoms with Crippen LogP contribution in [-0.4, -0.2) is 71.6 Å². The number of aliphatic hydroxyl groups is 1. The number of hydrogen-bond acceptors (Lipinski definition) is 6. The SMILES string of the molecule is CO[C@@H]1[C@H](OC(=O)NC(=O)CCl)CC[C@](O)(C[S+](C)Cc2ccc(Cl)cc2)[C@H]1[C@@]1(C)O[C@@H]1CC=C(C)C.[Br-]. The maximum absolute atomic E-state index is 12.3. The van der Waals surface area contributed by atoms with Crippen LogP contribution in [-0.2, 0) is 35.7 Å². The van der Waals surface area contributed by atoms with E-state index in [1.807, 2.05) is 45.0 Å². The van der Waals surface area contributed by atoms with E-state index in [2.05, 4.69) is 17.6 Å². The lowest BCUT2D eigenvalue weighted by Gasteiger charge is -2.48. The quantitative estimate of drug-likeness (QED) is 0.172. The van der Waals surface area contributed by atoms with Crippen molar-refractivity contribution in [3.8, 4) is 0 Å². The number of methoxy groups -OCH3 is 1. The number of ether oxygens (including phenoxy) is 3. The van der Waals surface area contributed by atoms with Crippen molar-refractivity contribution >= 4 is 46.1 Å². The summed E-state index contributed by atoms with van der Waals surface area (Å²) in [4.78, 5) is 23.9. The summed E-state index contributed by atoms with van der Waals surface area (Å²) in [7, 11) is 1.40. The van der Waals surface area contributed by atoms with Crippen molar-refractivity contribution < 1.29 is 45.9 Å². The summed E-state index contributed by atoms with van der Waals surface area (Å²) in [5, 5.41) is 15.0. The molecular weight excluding hydrogens is 617 g/mol. The number of alkyl halides is 1. The second kappa shape index (κ2) is 14.2. The third kappa shape index (κ3) is 8.35. The van der Waals surface area contributed by atoms with Crippen molar-refractivity contribution in [2.45, 2.75) is 75.3 Å². The molecule has 0 aromatic heterocycles. The Kier molecular flexibility index (Phi) is 12.5. The molecule has 38 heavy (non-hydrogen) atoms. The molecule has 1 heterocycles. The molecule has 1 unspecified atom stereocenters. The fourth-order valence-electron chi connectivity index (χ4n) is 5.50. The van der Waals surface area contributed by atoms with Crippen molar-refractivity contribution in [3.63, 3.8) is 0 Å². The van der Waals surface area contributed by atoms with Gasteiger partial charge in [-0.05, 0) is 63.1 Å². The summed E-state index contributed by atoms with van der Waals surface area (Å²) in [5.74, 6) is -0.0684. The number of carbonyl (C=O) groups is 2. The average molecular weight is 655 g/mol. The summed E-state index contributed by atoms with van der Waals surface area (Å²) in [6.07, 6.45) is 3.56. The maximum Gasteiger partial charge on any atom is 0.414 e. The molecule has 1 aliphatic heterocycles. The summed E-state index contributed by atoms with van der Waals surface area (Å²) in [6, 6.07) is 7.78. The third-order valence-corrected chi connectivity index (χ3v) is 9.50. The maximum atomic E-state index is 12.3. The number of nitrogens with one attached hydrogen (secondary N) is 1. The molecule has 1 saturated heterocycles. The van der Waals surface area contributed by atoms with E-state index >= 15 is 0 Å². The lowest BCUT2D eigenvalue weighted by Crippen LogP contribution is -3.00. The summed E-state index contributed by atoms with van der Waals surface area (Å²) < 4.78 is 17.8. The summed E-state index contributed by atoms with van der Waals surface area (Å²) >= 11 is 11.5. The van der Waals surface area contributed by atoms with E-state index in [1.165, 1.54) is 5.57 Å². The Morgan fingerprint density at radius 3 is 2.53 bits per heavy atom. The van der Waals surface area contributed by atoms with Gasteiger partial charge in [0, 0.05) is 17.7 Å². The molecule has 214 valence electrons. The van der Waals surface area contributed by atoms with Crippen LogP contribution in [0.4, 0.5) is 4.79 Å². The Balaban J connectivity index is 0.00000507. The van der Waals surface area contributed by atoms with E-state index in [1.54, 1.807) is 7.11 Å². The highest BCUT2D eigenvalue weighted by molar-refractivity contribution is 7.95. The van der Waals surface area contributed by atoms with Gasteiger partial charge in [-0.3, -0.25) is 10.1 Å². The van der Waals surface area contributed by atoms with Crippen molar-refractivity contribution in [3.05, 3.63) is 46.5 Å². The van der Waals surface area contributed by atoms with Crippen LogP contribution < -0.4 is 22.3 Å². The topological polar surface area (TPSA) is 97.4 Å².